The Labute approximate surface area is 140 Å². The number of aryl methyl sites for hydroxylation is 2. The fourth-order valence-electron chi connectivity index (χ4n) is 2.77. The molecule has 0 radical (unpaired) electrons. The minimum atomic E-state index is -1.00. The third kappa shape index (κ3) is 3.16. The summed E-state index contributed by atoms with van der Waals surface area (Å²) in [5.74, 6) is -2.01. The first-order valence-corrected chi connectivity index (χ1v) is 7.58. The zero-order chi connectivity index (χ0) is 18.2. The van der Waals surface area contributed by atoms with E-state index in [0.29, 0.717) is 22.3 Å². The van der Waals surface area contributed by atoms with Crippen LogP contribution in [0.3, 0.4) is 0 Å². The van der Waals surface area contributed by atoms with Crippen molar-refractivity contribution in [2.24, 2.45) is 5.73 Å². The second kappa shape index (κ2) is 6.45. The van der Waals surface area contributed by atoms with E-state index >= 15 is 0 Å². The summed E-state index contributed by atoms with van der Waals surface area (Å²) in [6.45, 7) is 7.18. The summed E-state index contributed by atoms with van der Waals surface area (Å²) >= 11 is 0. The molecule has 0 bridgehead atoms. The molecule has 0 saturated heterocycles. The largest absolute Gasteiger partial charge is 0.478 e. The van der Waals surface area contributed by atoms with Crippen molar-refractivity contribution in [3.63, 3.8) is 0 Å². The van der Waals surface area contributed by atoms with Gasteiger partial charge < -0.3 is 15.9 Å². The molecular formula is C19H21NO4. The van der Waals surface area contributed by atoms with E-state index in [0.717, 1.165) is 11.1 Å². The monoisotopic (exact) mass is 327 g/mol. The minimum Gasteiger partial charge on any atom is -0.478 e. The molecule has 0 aliphatic carbocycles. The molecule has 0 amide bonds. The van der Waals surface area contributed by atoms with Crippen molar-refractivity contribution in [3.8, 4) is 0 Å². The summed E-state index contributed by atoms with van der Waals surface area (Å²) in [5.41, 5.74) is 11.1. The molecule has 0 heterocycles. The lowest BCUT2D eigenvalue weighted by Crippen LogP contribution is -2.16. The highest BCUT2D eigenvalue weighted by atomic mass is 16.4. The molecule has 0 spiro atoms. The Bertz CT molecular complexity index is 770. The van der Waals surface area contributed by atoms with Gasteiger partial charge in [0.25, 0.3) is 0 Å². The van der Waals surface area contributed by atoms with Gasteiger partial charge in [0.15, 0.2) is 0 Å². The lowest BCUT2D eigenvalue weighted by atomic mass is 9.90. The minimum absolute atomic E-state index is 0.211. The number of aromatic carboxylic acids is 2. The third-order valence-corrected chi connectivity index (χ3v) is 4.56. The third-order valence-electron chi connectivity index (χ3n) is 4.56. The smallest absolute Gasteiger partial charge is 0.335 e. The molecule has 126 valence electrons. The molecule has 5 nitrogen and oxygen atoms in total. The highest BCUT2D eigenvalue weighted by Crippen LogP contribution is 2.27. The van der Waals surface area contributed by atoms with Crippen molar-refractivity contribution in [2.45, 2.75) is 33.7 Å². The maximum atomic E-state index is 11.4. The van der Waals surface area contributed by atoms with Gasteiger partial charge in [0.1, 0.15) is 0 Å². The molecule has 0 fully saturated rings. The Morgan fingerprint density at radius 2 is 1.12 bits per heavy atom. The van der Waals surface area contributed by atoms with Crippen molar-refractivity contribution in [1.82, 2.24) is 0 Å². The lowest BCUT2D eigenvalue weighted by molar-refractivity contribution is 0.0685. The number of benzene rings is 2. The summed E-state index contributed by atoms with van der Waals surface area (Å²) in [6, 6.07) is 6.22. The van der Waals surface area contributed by atoms with Crippen LogP contribution in [0, 0.1) is 27.7 Å². The molecule has 2 aromatic rings. The van der Waals surface area contributed by atoms with Crippen molar-refractivity contribution in [3.05, 3.63) is 68.8 Å². The molecule has 2 rings (SSSR count). The average molecular weight is 327 g/mol. The number of carboxylic acids is 2. The second-order valence-electron chi connectivity index (χ2n) is 6.11. The molecule has 2 aromatic carbocycles. The summed E-state index contributed by atoms with van der Waals surface area (Å²) < 4.78 is 0. The van der Waals surface area contributed by atoms with Gasteiger partial charge in [-0.15, -0.1) is 0 Å². The summed E-state index contributed by atoms with van der Waals surface area (Å²) in [4.78, 5) is 22.8. The van der Waals surface area contributed by atoms with Crippen LogP contribution in [0.1, 0.15) is 60.1 Å². The maximum absolute atomic E-state index is 11.4. The Morgan fingerprint density at radius 3 is 1.42 bits per heavy atom. The molecule has 0 atom stereocenters. The van der Waals surface area contributed by atoms with E-state index < -0.39 is 18.0 Å². The molecule has 0 aromatic heterocycles. The zero-order valence-corrected chi connectivity index (χ0v) is 14.2. The predicted molar refractivity (Wildman–Crippen MR) is 91.8 cm³/mol. The molecule has 0 aliphatic rings. The number of rotatable bonds is 4. The van der Waals surface area contributed by atoms with Crippen LogP contribution in [-0.2, 0) is 0 Å². The zero-order valence-electron chi connectivity index (χ0n) is 14.2. The Balaban J connectivity index is 2.59. The van der Waals surface area contributed by atoms with Crippen LogP contribution in [0.5, 0.6) is 0 Å². The Hall–Kier alpha value is -2.66. The van der Waals surface area contributed by atoms with Gasteiger partial charge >= 0.3 is 11.9 Å². The lowest BCUT2D eigenvalue weighted by Gasteiger charge is -2.18. The standard InChI is InChI=1S/C19H21NO4/c1-9-5-13(7-15(11(9)3)18(21)22)17(20)14-6-10(2)12(4)16(8-14)19(23)24/h5-8,17H,20H2,1-4H3,(H,21,22)(H,23,24). The van der Waals surface area contributed by atoms with Crippen LogP contribution >= 0.6 is 0 Å². The van der Waals surface area contributed by atoms with Crippen LogP contribution in [0.2, 0.25) is 0 Å². The van der Waals surface area contributed by atoms with Gasteiger partial charge in [0.2, 0.25) is 0 Å². The predicted octanol–water partition coefficient (Wildman–Crippen LogP) is 3.36. The van der Waals surface area contributed by atoms with Gasteiger partial charge in [0.05, 0.1) is 17.2 Å². The first-order chi connectivity index (χ1) is 11.1. The number of hydrogen-bond donors (Lipinski definition) is 3. The van der Waals surface area contributed by atoms with Gasteiger partial charge in [-0.25, -0.2) is 9.59 Å². The number of hydrogen-bond acceptors (Lipinski definition) is 3. The molecule has 4 N–H and O–H groups in total. The van der Waals surface area contributed by atoms with Crippen LogP contribution in [-0.4, -0.2) is 22.2 Å². The van der Waals surface area contributed by atoms with Gasteiger partial charge in [-0.3, -0.25) is 0 Å². The Morgan fingerprint density at radius 1 is 0.792 bits per heavy atom. The van der Waals surface area contributed by atoms with Gasteiger partial charge in [-0.2, -0.15) is 0 Å². The fraction of sp³-hybridized carbons (Fsp3) is 0.263. The number of carboxylic acid groups (broad SMARTS) is 2. The summed E-state index contributed by atoms with van der Waals surface area (Å²) in [5, 5.41) is 18.7. The first-order valence-electron chi connectivity index (χ1n) is 7.58. The highest BCUT2D eigenvalue weighted by molar-refractivity contribution is 5.91. The van der Waals surface area contributed by atoms with E-state index in [9.17, 15) is 19.8 Å². The van der Waals surface area contributed by atoms with Crippen molar-refractivity contribution < 1.29 is 19.8 Å². The van der Waals surface area contributed by atoms with E-state index in [-0.39, 0.29) is 11.1 Å². The highest BCUT2D eigenvalue weighted by Gasteiger charge is 2.18. The molecule has 0 aliphatic heterocycles. The molecular weight excluding hydrogens is 306 g/mol. The van der Waals surface area contributed by atoms with E-state index in [2.05, 4.69) is 0 Å². The van der Waals surface area contributed by atoms with E-state index in [4.69, 9.17) is 5.73 Å². The SMILES string of the molecule is Cc1cc(C(N)c2cc(C)c(C)c(C(=O)O)c2)cc(C(=O)O)c1C. The summed E-state index contributed by atoms with van der Waals surface area (Å²) in [7, 11) is 0. The van der Waals surface area contributed by atoms with Gasteiger partial charge in [0, 0.05) is 0 Å². The molecule has 24 heavy (non-hydrogen) atoms. The van der Waals surface area contributed by atoms with Gasteiger partial charge in [-0.1, -0.05) is 12.1 Å². The fourth-order valence-corrected chi connectivity index (χ4v) is 2.77. The van der Waals surface area contributed by atoms with E-state index in [1.807, 2.05) is 26.0 Å². The van der Waals surface area contributed by atoms with E-state index in [1.54, 1.807) is 26.0 Å². The van der Waals surface area contributed by atoms with Crippen molar-refractivity contribution in [2.75, 3.05) is 0 Å². The normalized spacial score (nSPS) is 10.9. The maximum Gasteiger partial charge on any atom is 0.335 e. The van der Waals surface area contributed by atoms with Crippen LogP contribution in [0.15, 0.2) is 24.3 Å². The van der Waals surface area contributed by atoms with Crippen LogP contribution < -0.4 is 5.73 Å². The quantitative estimate of drug-likeness (QED) is 0.799. The van der Waals surface area contributed by atoms with Crippen LogP contribution in [0.4, 0.5) is 0 Å². The van der Waals surface area contributed by atoms with Gasteiger partial charge in [-0.05, 0) is 73.2 Å². The average Bonchev–Trinajstić information content (AvgIpc) is 2.50. The topological polar surface area (TPSA) is 101 Å². The molecule has 0 unspecified atom stereocenters. The number of nitrogens with two attached hydrogens (primary N) is 1. The van der Waals surface area contributed by atoms with Crippen LogP contribution in [0.25, 0.3) is 0 Å². The second-order valence-corrected chi connectivity index (χ2v) is 6.11. The molecule has 0 saturated carbocycles. The van der Waals surface area contributed by atoms with Crippen molar-refractivity contribution in [1.29, 1.82) is 0 Å². The van der Waals surface area contributed by atoms with Crippen molar-refractivity contribution >= 4 is 11.9 Å². The summed E-state index contributed by atoms with van der Waals surface area (Å²) in [6.07, 6.45) is 0. The Kier molecular flexibility index (Phi) is 4.76. The molecule has 5 heteroatoms. The van der Waals surface area contributed by atoms with E-state index in [1.165, 1.54) is 0 Å². The number of carbonyl (C=O) groups is 2. The first kappa shape index (κ1) is 17.7.